The molecule has 4 heteroatoms. The summed E-state index contributed by atoms with van der Waals surface area (Å²) in [5, 5.41) is 0. The molecule has 1 fully saturated rings. The first kappa shape index (κ1) is 19.1. The smallest absolute Gasteiger partial charge is 0.241 e. The number of hydrogen-bond acceptors (Lipinski definition) is 3. The van der Waals surface area contributed by atoms with Crippen molar-refractivity contribution in [2.75, 3.05) is 31.1 Å². The fourth-order valence-electron chi connectivity index (χ4n) is 3.56. The van der Waals surface area contributed by atoms with E-state index in [1.165, 1.54) is 0 Å². The Balaban J connectivity index is 1.56. The molecule has 0 atom stereocenters. The van der Waals surface area contributed by atoms with Crippen LogP contribution in [0.1, 0.15) is 23.2 Å². The van der Waals surface area contributed by atoms with E-state index in [2.05, 4.69) is 11.5 Å². The van der Waals surface area contributed by atoms with E-state index in [-0.39, 0.29) is 17.6 Å². The third kappa shape index (κ3) is 4.92. The zero-order valence-electron chi connectivity index (χ0n) is 15.6. The van der Waals surface area contributed by atoms with E-state index in [0.29, 0.717) is 13.1 Å². The molecule has 0 saturated carbocycles. The van der Waals surface area contributed by atoms with Gasteiger partial charge in [0.15, 0.2) is 5.78 Å². The number of nitrogens with zero attached hydrogens (tertiary/aromatic N) is 2. The zero-order chi connectivity index (χ0) is 19.1. The molecule has 1 amide bonds. The fraction of sp³-hybridized carbons (Fsp3) is 0.304. The molecule has 2 aromatic rings. The van der Waals surface area contributed by atoms with Crippen LogP contribution in [0.3, 0.4) is 0 Å². The van der Waals surface area contributed by atoms with Gasteiger partial charge in [0.1, 0.15) is 0 Å². The van der Waals surface area contributed by atoms with Gasteiger partial charge >= 0.3 is 0 Å². The molecule has 1 saturated heterocycles. The van der Waals surface area contributed by atoms with Crippen LogP contribution in [0.15, 0.2) is 73.3 Å². The maximum Gasteiger partial charge on any atom is 0.241 e. The van der Waals surface area contributed by atoms with Crippen molar-refractivity contribution in [2.24, 2.45) is 5.92 Å². The highest BCUT2D eigenvalue weighted by molar-refractivity contribution is 5.98. The maximum atomic E-state index is 12.8. The van der Waals surface area contributed by atoms with E-state index < -0.39 is 0 Å². The Morgan fingerprint density at radius 2 is 1.59 bits per heavy atom. The van der Waals surface area contributed by atoms with Gasteiger partial charge in [0.2, 0.25) is 5.91 Å². The van der Waals surface area contributed by atoms with E-state index in [0.717, 1.165) is 37.2 Å². The van der Waals surface area contributed by atoms with E-state index in [1.807, 2.05) is 60.7 Å². The Kier molecular flexibility index (Phi) is 6.55. The van der Waals surface area contributed by atoms with Gasteiger partial charge in [0.25, 0.3) is 0 Å². The molecular formula is C23H26N2O2. The first-order valence-electron chi connectivity index (χ1n) is 9.47. The molecule has 4 nitrogen and oxygen atoms in total. The van der Waals surface area contributed by atoms with Gasteiger partial charge in [0, 0.05) is 23.7 Å². The Morgan fingerprint density at radius 3 is 2.19 bits per heavy atom. The van der Waals surface area contributed by atoms with Crippen LogP contribution in [0.25, 0.3) is 0 Å². The van der Waals surface area contributed by atoms with E-state index in [1.54, 1.807) is 11.0 Å². The molecule has 0 N–H and O–H groups in total. The Labute approximate surface area is 161 Å². The molecule has 0 radical (unpaired) electrons. The van der Waals surface area contributed by atoms with Crippen LogP contribution in [0.5, 0.6) is 0 Å². The van der Waals surface area contributed by atoms with Crippen LogP contribution in [0.2, 0.25) is 0 Å². The Bertz CT molecular complexity index is 765. The first-order valence-corrected chi connectivity index (χ1v) is 9.47. The number of para-hydroxylation sites is 1. The number of carbonyl (C=O) groups excluding carboxylic acids is 2. The van der Waals surface area contributed by atoms with Crippen molar-refractivity contribution in [1.82, 2.24) is 4.90 Å². The van der Waals surface area contributed by atoms with Gasteiger partial charge in [0.05, 0.1) is 6.54 Å². The number of carbonyl (C=O) groups is 2. The van der Waals surface area contributed by atoms with Crippen LogP contribution < -0.4 is 4.90 Å². The van der Waals surface area contributed by atoms with Gasteiger partial charge in [-0.3, -0.25) is 14.5 Å². The maximum absolute atomic E-state index is 12.8. The average Bonchev–Trinajstić information content (AvgIpc) is 2.73. The predicted octanol–water partition coefficient (Wildman–Crippen LogP) is 3.80. The highest BCUT2D eigenvalue weighted by Crippen LogP contribution is 2.22. The molecule has 27 heavy (non-hydrogen) atoms. The van der Waals surface area contributed by atoms with Gasteiger partial charge in [-0.1, -0.05) is 54.6 Å². The van der Waals surface area contributed by atoms with Crippen molar-refractivity contribution in [1.29, 1.82) is 0 Å². The number of anilines is 1. The summed E-state index contributed by atoms with van der Waals surface area (Å²) in [6, 6.07) is 19.2. The zero-order valence-corrected chi connectivity index (χ0v) is 15.6. The minimum Gasteiger partial charge on any atom is -0.308 e. The van der Waals surface area contributed by atoms with Crippen molar-refractivity contribution in [3.63, 3.8) is 0 Å². The largest absolute Gasteiger partial charge is 0.308 e. The molecule has 1 aliphatic rings. The highest BCUT2D eigenvalue weighted by atomic mass is 16.2. The number of rotatable bonds is 7. The van der Waals surface area contributed by atoms with E-state index in [4.69, 9.17) is 0 Å². The van der Waals surface area contributed by atoms with Crippen molar-refractivity contribution in [3.8, 4) is 0 Å². The molecule has 1 aliphatic heterocycles. The number of piperidine rings is 1. The molecule has 140 valence electrons. The van der Waals surface area contributed by atoms with Gasteiger partial charge in [-0.15, -0.1) is 6.58 Å². The van der Waals surface area contributed by atoms with Gasteiger partial charge in [-0.25, -0.2) is 0 Å². The van der Waals surface area contributed by atoms with Crippen LogP contribution in [0, 0.1) is 5.92 Å². The monoisotopic (exact) mass is 362 g/mol. The summed E-state index contributed by atoms with van der Waals surface area (Å²) in [5.74, 6) is 0.338. The van der Waals surface area contributed by atoms with Crippen molar-refractivity contribution in [3.05, 3.63) is 78.9 Å². The van der Waals surface area contributed by atoms with Crippen LogP contribution in [0.4, 0.5) is 5.69 Å². The molecule has 1 heterocycles. The molecule has 0 aliphatic carbocycles. The quantitative estimate of drug-likeness (QED) is 0.556. The second kappa shape index (κ2) is 9.28. The van der Waals surface area contributed by atoms with Gasteiger partial charge < -0.3 is 4.90 Å². The molecule has 0 spiro atoms. The summed E-state index contributed by atoms with van der Waals surface area (Å²) in [6.07, 6.45) is 3.34. The second-order valence-corrected chi connectivity index (χ2v) is 6.91. The molecule has 0 bridgehead atoms. The number of Topliss-reactive ketones (excluding diaryl/α,β-unsaturated/α-hetero) is 1. The number of hydrogen-bond donors (Lipinski definition) is 0. The average molecular weight is 362 g/mol. The van der Waals surface area contributed by atoms with Crippen molar-refractivity contribution in [2.45, 2.75) is 12.8 Å². The fourth-order valence-corrected chi connectivity index (χ4v) is 3.56. The summed E-state index contributed by atoms with van der Waals surface area (Å²) in [4.78, 5) is 29.3. The summed E-state index contributed by atoms with van der Waals surface area (Å²) < 4.78 is 0. The molecular weight excluding hydrogens is 336 g/mol. The summed E-state index contributed by atoms with van der Waals surface area (Å²) in [6.45, 7) is 6.17. The van der Waals surface area contributed by atoms with Crippen LogP contribution >= 0.6 is 0 Å². The highest BCUT2D eigenvalue weighted by Gasteiger charge is 2.27. The van der Waals surface area contributed by atoms with Gasteiger partial charge in [-0.05, 0) is 38.1 Å². The van der Waals surface area contributed by atoms with E-state index >= 15 is 0 Å². The normalized spacial score (nSPS) is 15.3. The third-order valence-electron chi connectivity index (χ3n) is 5.06. The Morgan fingerprint density at radius 1 is 1.00 bits per heavy atom. The number of amides is 1. The van der Waals surface area contributed by atoms with Gasteiger partial charge in [-0.2, -0.15) is 0 Å². The van der Waals surface area contributed by atoms with Crippen LogP contribution in [-0.2, 0) is 4.79 Å². The molecule has 3 rings (SSSR count). The summed E-state index contributed by atoms with van der Waals surface area (Å²) in [5.41, 5.74) is 1.67. The lowest BCUT2D eigenvalue weighted by molar-refractivity contribution is -0.119. The van der Waals surface area contributed by atoms with Crippen molar-refractivity contribution >= 4 is 17.4 Å². The number of benzene rings is 2. The SMILES string of the molecule is C=CCN(C(=O)CN1CCC(C(=O)c2ccccc2)CC1)c1ccccc1. The third-order valence-corrected chi connectivity index (χ3v) is 5.06. The molecule has 2 aromatic carbocycles. The minimum absolute atomic E-state index is 0.0529. The topological polar surface area (TPSA) is 40.6 Å². The summed E-state index contributed by atoms with van der Waals surface area (Å²) >= 11 is 0. The van der Waals surface area contributed by atoms with E-state index in [9.17, 15) is 9.59 Å². The van der Waals surface area contributed by atoms with Crippen molar-refractivity contribution < 1.29 is 9.59 Å². The molecule has 0 unspecified atom stereocenters. The number of ketones is 1. The lowest BCUT2D eigenvalue weighted by Crippen LogP contribution is -2.44. The lowest BCUT2D eigenvalue weighted by Gasteiger charge is -2.32. The predicted molar refractivity (Wildman–Crippen MR) is 109 cm³/mol. The Hall–Kier alpha value is -2.72. The first-order chi connectivity index (χ1) is 13.2. The standard InChI is InChI=1S/C23H26N2O2/c1-2-15-25(21-11-7-4-8-12-21)22(26)18-24-16-13-20(14-17-24)23(27)19-9-5-3-6-10-19/h2-12,20H,1,13-18H2. The summed E-state index contributed by atoms with van der Waals surface area (Å²) in [7, 11) is 0. The molecule has 0 aromatic heterocycles. The number of likely N-dealkylation sites (tertiary alicyclic amines) is 1. The van der Waals surface area contributed by atoms with Crippen LogP contribution in [-0.4, -0.2) is 42.8 Å². The lowest BCUT2D eigenvalue weighted by atomic mass is 9.89. The minimum atomic E-state index is 0.0529. The second-order valence-electron chi connectivity index (χ2n) is 6.91.